The third-order valence-corrected chi connectivity index (χ3v) is 2.89. The highest BCUT2D eigenvalue weighted by molar-refractivity contribution is 5.36. The Morgan fingerprint density at radius 2 is 2.12 bits per heavy atom. The number of fused-ring (bicyclic) bond motifs is 1. The van der Waals surface area contributed by atoms with E-state index in [-0.39, 0.29) is 0 Å². The maximum atomic E-state index is 5.72. The van der Waals surface area contributed by atoms with Crippen molar-refractivity contribution in [3.8, 4) is 5.75 Å². The topological polar surface area (TPSA) is 30.5 Å². The molecule has 1 aromatic carbocycles. The maximum Gasteiger partial charge on any atom is 0.119 e. The van der Waals surface area contributed by atoms with Gasteiger partial charge in [0.1, 0.15) is 5.75 Å². The van der Waals surface area contributed by atoms with Crippen LogP contribution in [0.15, 0.2) is 18.2 Å². The normalized spacial score (nSPS) is 13.7. The molecule has 17 heavy (non-hydrogen) atoms. The SMILES string of the molecule is CCCNCCCOc1ccc2c(c1)COC2. The van der Waals surface area contributed by atoms with Gasteiger partial charge in [-0.2, -0.15) is 0 Å². The standard InChI is InChI=1S/C14H21NO2/c1-2-6-15-7-3-8-17-14-5-4-12-10-16-11-13(12)9-14/h4-5,9,15H,2-3,6-8,10-11H2,1H3. The molecule has 0 aliphatic carbocycles. The Bertz CT molecular complexity index is 352. The second kappa shape index (κ2) is 6.62. The van der Waals surface area contributed by atoms with Gasteiger partial charge >= 0.3 is 0 Å². The van der Waals surface area contributed by atoms with Gasteiger partial charge in [0.2, 0.25) is 0 Å². The highest BCUT2D eigenvalue weighted by Crippen LogP contribution is 2.24. The zero-order chi connectivity index (χ0) is 11.9. The van der Waals surface area contributed by atoms with Crippen molar-refractivity contribution in [1.82, 2.24) is 5.32 Å². The van der Waals surface area contributed by atoms with Gasteiger partial charge in [0.15, 0.2) is 0 Å². The molecular formula is C14H21NO2. The van der Waals surface area contributed by atoms with Gasteiger partial charge in [-0.25, -0.2) is 0 Å². The molecule has 0 bridgehead atoms. The molecule has 0 spiro atoms. The number of benzene rings is 1. The molecule has 1 N–H and O–H groups in total. The summed E-state index contributed by atoms with van der Waals surface area (Å²) < 4.78 is 11.1. The largest absolute Gasteiger partial charge is 0.494 e. The molecule has 1 heterocycles. The molecule has 2 rings (SSSR count). The van der Waals surface area contributed by atoms with Crippen molar-refractivity contribution >= 4 is 0 Å². The minimum atomic E-state index is 0.727. The summed E-state index contributed by atoms with van der Waals surface area (Å²) in [6, 6.07) is 6.24. The lowest BCUT2D eigenvalue weighted by Gasteiger charge is -2.08. The van der Waals surface area contributed by atoms with Crippen LogP contribution >= 0.6 is 0 Å². The van der Waals surface area contributed by atoms with Crippen LogP contribution in [0.3, 0.4) is 0 Å². The van der Waals surface area contributed by atoms with E-state index in [4.69, 9.17) is 9.47 Å². The van der Waals surface area contributed by atoms with Crippen LogP contribution in [-0.4, -0.2) is 19.7 Å². The first kappa shape index (κ1) is 12.4. The van der Waals surface area contributed by atoms with Gasteiger partial charge in [-0.3, -0.25) is 0 Å². The van der Waals surface area contributed by atoms with E-state index >= 15 is 0 Å². The van der Waals surface area contributed by atoms with Crippen LogP contribution in [0.2, 0.25) is 0 Å². The molecule has 94 valence electrons. The zero-order valence-electron chi connectivity index (χ0n) is 10.5. The van der Waals surface area contributed by atoms with E-state index in [0.717, 1.165) is 45.1 Å². The molecule has 0 unspecified atom stereocenters. The summed E-state index contributed by atoms with van der Waals surface area (Å²) in [6.45, 7) is 6.55. The monoisotopic (exact) mass is 235 g/mol. The van der Waals surface area contributed by atoms with Crippen LogP contribution in [0.4, 0.5) is 0 Å². The first-order valence-electron chi connectivity index (χ1n) is 6.43. The van der Waals surface area contributed by atoms with Crippen molar-refractivity contribution in [2.75, 3.05) is 19.7 Å². The summed E-state index contributed by atoms with van der Waals surface area (Å²) in [6.07, 6.45) is 2.24. The fourth-order valence-corrected chi connectivity index (χ4v) is 1.93. The van der Waals surface area contributed by atoms with Crippen LogP contribution in [0.25, 0.3) is 0 Å². The Balaban J connectivity index is 1.69. The average molecular weight is 235 g/mol. The predicted octanol–water partition coefficient (Wildman–Crippen LogP) is 2.49. The summed E-state index contributed by atoms with van der Waals surface area (Å²) in [5, 5.41) is 3.36. The first-order valence-corrected chi connectivity index (χ1v) is 6.43. The van der Waals surface area contributed by atoms with Gasteiger partial charge in [-0.1, -0.05) is 13.0 Å². The summed E-state index contributed by atoms with van der Waals surface area (Å²) in [7, 11) is 0. The van der Waals surface area contributed by atoms with Crippen molar-refractivity contribution in [2.45, 2.75) is 33.0 Å². The Labute approximate surface area is 103 Å². The van der Waals surface area contributed by atoms with Crippen molar-refractivity contribution in [1.29, 1.82) is 0 Å². The summed E-state index contributed by atoms with van der Waals surface area (Å²) in [4.78, 5) is 0. The lowest BCUT2D eigenvalue weighted by atomic mass is 10.1. The first-order chi connectivity index (χ1) is 8.40. The van der Waals surface area contributed by atoms with Crippen LogP contribution in [0, 0.1) is 0 Å². The molecule has 0 amide bonds. The Hall–Kier alpha value is -1.06. The molecule has 3 nitrogen and oxygen atoms in total. The molecule has 0 radical (unpaired) electrons. The molecule has 1 aliphatic rings. The van der Waals surface area contributed by atoms with E-state index in [1.54, 1.807) is 0 Å². The molecule has 0 aromatic heterocycles. The van der Waals surface area contributed by atoms with E-state index < -0.39 is 0 Å². The number of hydrogen-bond acceptors (Lipinski definition) is 3. The Morgan fingerprint density at radius 3 is 3.00 bits per heavy atom. The lowest BCUT2D eigenvalue weighted by molar-refractivity contribution is 0.134. The molecule has 0 saturated carbocycles. The second-order valence-electron chi connectivity index (χ2n) is 4.38. The van der Waals surface area contributed by atoms with Crippen molar-refractivity contribution in [3.05, 3.63) is 29.3 Å². The van der Waals surface area contributed by atoms with E-state index in [9.17, 15) is 0 Å². The minimum absolute atomic E-state index is 0.727. The Kier molecular flexibility index (Phi) is 4.83. The third kappa shape index (κ3) is 3.72. The van der Waals surface area contributed by atoms with Crippen LogP contribution in [0.1, 0.15) is 30.9 Å². The molecule has 0 fully saturated rings. The smallest absolute Gasteiger partial charge is 0.119 e. The molecule has 1 aliphatic heterocycles. The van der Waals surface area contributed by atoms with E-state index in [0.29, 0.717) is 0 Å². The van der Waals surface area contributed by atoms with Gasteiger partial charge in [-0.15, -0.1) is 0 Å². The van der Waals surface area contributed by atoms with E-state index in [1.807, 2.05) is 6.07 Å². The van der Waals surface area contributed by atoms with Gasteiger partial charge in [0.25, 0.3) is 0 Å². The molecular weight excluding hydrogens is 214 g/mol. The quantitative estimate of drug-likeness (QED) is 0.736. The number of hydrogen-bond donors (Lipinski definition) is 1. The molecule has 3 heteroatoms. The fraction of sp³-hybridized carbons (Fsp3) is 0.571. The third-order valence-electron chi connectivity index (χ3n) is 2.89. The second-order valence-corrected chi connectivity index (χ2v) is 4.38. The van der Waals surface area contributed by atoms with Crippen molar-refractivity contribution in [2.24, 2.45) is 0 Å². The zero-order valence-corrected chi connectivity index (χ0v) is 10.5. The van der Waals surface area contributed by atoms with Crippen molar-refractivity contribution < 1.29 is 9.47 Å². The summed E-state index contributed by atoms with van der Waals surface area (Å²) >= 11 is 0. The highest BCUT2D eigenvalue weighted by Gasteiger charge is 2.11. The van der Waals surface area contributed by atoms with Crippen LogP contribution < -0.4 is 10.1 Å². The fourth-order valence-electron chi connectivity index (χ4n) is 1.93. The lowest BCUT2D eigenvalue weighted by Crippen LogP contribution is -2.18. The average Bonchev–Trinajstić information content (AvgIpc) is 2.81. The minimum Gasteiger partial charge on any atom is -0.494 e. The van der Waals surface area contributed by atoms with Crippen molar-refractivity contribution in [3.63, 3.8) is 0 Å². The summed E-state index contributed by atoms with van der Waals surface area (Å²) in [5.74, 6) is 0.963. The van der Waals surface area contributed by atoms with E-state index in [1.165, 1.54) is 17.5 Å². The highest BCUT2D eigenvalue weighted by atomic mass is 16.5. The number of nitrogens with one attached hydrogen (secondary N) is 1. The molecule has 1 aromatic rings. The Morgan fingerprint density at radius 1 is 1.24 bits per heavy atom. The van der Waals surface area contributed by atoms with Gasteiger partial charge in [-0.05, 0) is 49.2 Å². The number of ether oxygens (including phenoxy) is 2. The number of rotatable bonds is 7. The van der Waals surface area contributed by atoms with Crippen LogP contribution in [-0.2, 0) is 18.0 Å². The van der Waals surface area contributed by atoms with Gasteiger partial charge < -0.3 is 14.8 Å². The molecule has 0 atom stereocenters. The van der Waals surface area contributed by atoms with Crippen LogP contribution in [0.5, 0.6) is 5.75 Å². The summed E-state index contributed by atoms with van der Waals surface area (Å²) in [5.41, 5.74) is 2.56. The predicted molar refractivity (Wildman–Crippen MR) is 68.2 cm³/mol. The van der Waals surface area contributed by atoms with Gasteiger partial charge in [0, 0.05) is 0 Å². The van der Waals surface area contributed by atoms with Gasteiger partial charge in [0.05, 0.1) is 19.8 Å². The maximum absolute atomic E-state index is 5.72. The van der Waals surface area contributed by atoms with E-state index in [2.05, 4.69) is 24.4 Å². The molecule has 0 saturated heterocycles.